The first kappa shape index (κ1) is 36.1. The molecule has 10 aromatic rings. The third kappa shape index (κ3) is 5.28. The van der Waals surface area contributed by atoms with Crippen LogP contribution in [-0.2, 0) is 10.8 Å². The fourth-order valence-electron chi connectivity index (χ4n) is 11.0. The van der Waals surface area contributed by atoms with Crippen molar-refractivity contribution in [3.05, 3.63) is 282 Å². The van der Waals surface area contributed by atoms with Crippen molar-refractivity contribution in [2.75, 3.05) is 4.90 Å². The summed E-state index contributed by atoms with van der Waals surface area (Å²) in [5.74, 6) is 0. The van der Waals surface area contributed by atoms with Gasteiger partial charge in [-0.1, -0.05) is 206 Å². The average Bonchev–Trinajstić information content (AvgIpc) is 3.79. The molecule has 1 atom stereocenters. The first-order valence-corrected chi connectivity index (χ1v) is 21.7. The largest absolute Gasteiger partial charge is 0.310 e. The maximum atomic E-state index is 2.47. The van der Waals surface area contributed by atoms with Crippen molar-refractivity contribution in [2.45, 2.75) is 17.8 Å². The van der Waals surface area contributed by atoms with Gasteiger partial charge in [0.2, 0.25) is 0 Å². The highest BCUT2D eigenvalue weighted by Crippen LogP contribution is 2.58. The van der Waals surface area contributed by atoms with Crippen LogP contribution >= 0.6 is 0 Å². The predicted molar refractivity (Wildman–Crippen MR) is 259 cm³/mol. The van der Waals surface area contributed by atoms with E-state index in [2.05, 4.69) is 254 Å². The summed E-state index contributed by atoms with van der Waals surface area (Å²) in [5, 5.41) is 2.42. The highest BCUT2D eigenvalue weighted by Gasteiger charge is 2.46. The van der Waals surface area contributed by atoms with E-state index in [0.29, 0.717) is 0 Å². The zero-order chi connectivity index (χ0) is 41.3. The van der Waals surface area contributed by atoms with E-state index in [9.17, 15) is 0 Å². The van der Waals surface area contributed by atoms with Crippen LogP contribution < -0.4 is 4.90 Å². The maximum absolute atomic E-state index is 2.47. The monoisotopic (exact) mass is 789 g/mol. The summed E-state index contributed by atoms with van der Waals surface area (Å²) in [6.07, 6.45) is 0. The molecule has 1 unspecified atom stereocenters. The van der Waals surface area contributed by atoms with E-state index >= 15 is 0 Å². The molecule has 0 fully saturated rings. The molecule has 12 rings (SSSR count). The summed E-state index contributed by atoms with van der Waals surface area (Å²) in [6, 6.07) is 89.9. The van der Waals surface area contributed by atoms with Crippen molar-refractivity contribution < 1.29 is 0 Å². The highest BCUT2D eigenvalue weighted by molar-refractivity contribution is 6.00. The van der Waals surface area contributed by atoms with Crippen LogP contribution in [0.25, 0.3) is 44.2 Å². The van der Waals surface area contributed by atoms with E-state index in [4.69, 9.17) is 0 Å². The van der Waals surface area contributed by atoms with Gasteiger partial charge in [-0.3, -0.25) is 0 Å². The van der Waals surface area contributed by atoms with Crippen LogP contribution in [0.4, 0.5) is 17.1 Å². The Morgan fingerprint density at radius 3 is 1.53 bits per heavy atom. The molecule has 0 bridgehead atoms. The lowest BCUT2D eigenvalue weighted by atomic mass is 9.67. The Bertz CT molecular complexity index is 3250. The van der Waals surface area contributed by atoms with Gasteiger partial charge in [0.05, 0.1) is 11.1 Å². The minimum absolute atomic E-state index is 0.254. The molecule has 0 saturated carbocycles. The number of nitrogens with zero attached hydrogens (tertiary/aromatic N) is 1. The van der Waals surface area contributed by atoms with Crippen LogP contribution in [0.3, 0.4) is 0 Å². The van der Waals surface area contributed by atoms with Gasteiger partial charge in [-0.05, 0) is 121 Å². The zero-order valence-electron chi connectivity index (χ0n) is 34.5. The molecule has 0 aliphatic heterocycles. The smallest absolute Gasteiger partial charge is 0.0714 e. The minimum Gasteiger partial charge on any atom is -0.310 e. The first-order valence-electron chi connectivity index (χ1n) is 21.7. The van der Waals surface area contributed by atoms with E-state index < -0.39 is 5.41 Å². The average molecular weight is 790 g/mol. The van der Waals surface area contributed by atoms with Crippen LogP contribution in [0.1, 0.15) is 45.9 Å². The summed E-state index contributed by atoms with van der Waals surface area (Å²) in [6.45, 7) is 2.39. The standard InChI is InChI=1S/C61H43N/c1-60(45-20-5-2-6-21-45)55-29-15-13-27-51(55)53-38-34-44(40-57(53)60)42-32-35-48(36-33-42)62(59-31-17-19-43-18-11-12-26-50(43)59)49-37-39-54-52-28-14-16-30-56(52)61(58(54)41-49,46-22-7-3-8-23-46)47-24-9-4-10-25-47/h2-41H,1H3. The molecule has 10 aromatic carbocycles. The van der Waals surface area contributed by atoms with E-state index in [-0.39, 0.29) is 5.41 Å². The number of hydrogen-bond acceptors (Lipinski definition) is 1. The molecule has 1 nitrogen and oxygen atoms in total. The number of rotatable bonds is 7. The molecule has 0 amide bonds. The van der Waals surface area contributed by atoms with Gasteiger partial charge in [0.25, 0.3) is 0 Å². The highest BCUT2D eigenvalue weighted by atomic mass is 15.1. The molecular formula is C61H43N. The van der Waals surface area contributed by atoms with Crippen molar-refractivity contribution >= 4 is 27.8 Å². The Morgan fingerprint density at radius 2 is 0.823 bits per heavy atom. The lowest BCUT2D eigenvalue weighted by Crippen LogP contribution is -2.28. The van der Waals surface area contributed by atoms with Gasteiger partial charge < -0.3 is 4.90 Å². The van der Waals surface area contributed by atoms with Crippen LogP contribution in [0, 0.1) is 0 Å². The summed E-state index contributed by atoms with van der Waals surface area (Å²) >= 11 is 0. The molecule has 2 aliphatic carbocycles. The summed E-state index contributed by atoms with van der Waals surface area (Å²) in [4.78, 5) is 2.46. The Morgan fingerprint density at radius 1 is 0.323 bits per heavy atom. The molecule has 0 aromatic heterocycles. The molecule has 0 N–H and O–H groups in total. The van der Waals surface area contributed by atoms with Gasteiger partial charge in [-0.2, -0.15) is 0 Å². The van der Waals surface area contributed by atoms with Gasteiger partial charge in [0.1, 0.15) is 0 Å². The van der Waals surface area contributed by atoms with Crippen LogP contribution in [-0.4, -0.2) is 0 Å². The van der Waals surface area contributed by atoms with Crippen molar-refractivity contribution in [2.24, 2.45) is 0 Å². The number of fused-ring (bicyclic) bond motifs is 7. The van der Waals surface area contributed by atoms with Gasteiger partial charge in [-0.25, -0.2) is 0 Å². The fraction of sp³-hybridized carbons (Fsp3) is 0.0492. The summed E-state index contributed by atoms with van der Waals surface area (Å²) < 4.78 is 0. The van der Waals surface area contributed by atoms with Crippen molar-refractivity contribution in [3.8, 4) is 33.4 Å². The maximum Gasteiger partial charge on any atom is 0.0714 e. The van der Waals surface area contributed by atoms with Crippen molar-refractivity contribution in [3.63, 3.8) is 0 Å². The Kier molecular flexibility index (Phi) is 8.27. The van der Waals surface area contributed by atoms with Gasteiger partial charge in [-0.15, -0.1) is 0 Å². The summed E-state index contributed by atoms with van der Waals surface area (Å²) in [7, 11) is 0. The Labute approximate surface area is 363 Å². The topological polar surface area (TPSA) is 3.24 Å². The quantitative estimate of drug-likeness (QED) is 0.155. The van der Waals surface area contributed by atoms with Crippen LogP contribution in [0.2, 0.25) is 0 Å². The molecule has 2 aliphatic rings. The van der Waals surface area contributed by atoms with Gasteiger partial charge >= 0.3 is 0 Å². The third-order valence-electron chi connectivity index (χ3n) is 13.8. The number of hydrogen-bond donors (Lipinski definition) is 0. The van der Waals surface area contributed by atoms with E-state index in [1.54, 1.807) is 0 Å². The van der Waals surface area contributed by atoms with E-state index in [0.717, 1.165) is 17.1 Å². The Balaban J connectivity index is 1.03. The lowest BCUT2D eigenvalue weighted by Gasteiger charge is -2.35. The molecule has 0 spiro atoms. The van der Waals surface area contributed by atoms with Gasteiger partial charge in [0.15, 0.2) is 0 Å². The van der Waals surface area contributed by atoms with E-state index in [1.165, 1.54) is 83.1 Å². The normalized spacial score (nSPS) is 15.4. The zero-order valence-corrected chi connectivity index (χ0v) is 34.5. The second-order valence-corrected chi connectivity index (χ2v) is 16.9. The summed E-state index contributed by atoms with van der Waals surface area (Å²) in [5.41, 5.74) is 19.4. The van der Waals surface area contributed by atoms with Gasteiger partial charge in [0, 0.05) is 22.2 Å². The van der Waals surface area contributed by atoms with Crippen molar-refractivity contribution in [1.29, 1.82) is 0 Å². The molecule has 0 heterocycles. The fourth-order valence-corrected chi connectivity index (χ4v) is 11.0. The molecule has 292 valence electrons. The Hall–Kier alpha value is -7.74. The SMILES string of the molecule is CC1(c2ccccc2)c2ccccc2-c2ccc(-c3ccc(N(c4ccc5c(c4)C(c4ccccc4)(c4ccccc4)c4ccccc4-5)c4cccc5ccccc45)cc3)cc21. The molecular weight excluding hydrogens is 747 g/mol. The third-order valence-corrected chi connectivity index (χ3v) is 13.8. The first-order chi connectivity index (χ1) is 30.6. The predicted octanol–water partition coefficient (Wildman–Crippen LogP) is 15.7. The lowest BCUT2D eigenvalue weighted by molar-refractivity contribution is 0.714. The van der Waals surface area contributed by atoms with Crippen LogP contribution in [0.5, 0.6) is 0 Å². The number of anilines is 3. The molecule has 0 saturated heterocycles. The van der Waals surface area contributed by atoms with E-state index in [1.807, 2.05) is 0 Å². The van der Waals surface area contributed by atoms with Crippen molar-refractivity contribution in [1.82, 2.24) is 0 Å². The minimum atomic E-state index is -0.500. The van der Waals surface area contributed by atoms with Crippen LogP contribution in [0.15, 0.2) is 243 Å². The second-order valence-electron chi connectivity index (χ2n) is 16.9. The second kappa shape index (κ2) is 14.2. The number of benzene rings is 10. The molecule has 62 heavy (non-hydrogen) atoms. The molecule has 0 radical (unpaired) electrons. The molecule has 1 heteroatoms.